The smallest absolute Gasteiger partial charge is 0.177 e. The maximum atomic E-state index is 5.96. The van der Waals surface area contributed by atoms with Crippen LogP contribution < -0.4 is 0 Å². The lowest BCUT2D eigenvalue weighted by Crippen LogP contribution is -2.15. The zero-order chi connectivity index (χ0) is 10.2. The molecule has 1 rings (SSSR count). The molecule has 0 aliphatic heterocycles. The molecule has 0 bridgehead atoms. The molecule has 0 amide bonds. The third-order valence-corrected chi connectivity index (χ3v) is 5.16. The maximum absolute atomic E-state index is 5.96. The molecular formula is C12H20OSi. The van der Waals surface area contributed by atoms with Gasteiger partial charge in [0, 0.05) is 0 Å². The van der Waals surface area contributed by atoms with Crippen LogP contribution >= 0.6 is 0 Å². The first-order valence-electron chi connectivity index (χ1n) is 5.52. The van der Waals surface area contributed by atoms with Gasteiger partial charge in [0.15, 0.2) is 9.04 Å². The van der Waals surface area contributed by atoms with Crippen molar-refractivity contribution in [3.05, 3.63) is 35.9 Å². The molecule has 1 aromatic rings. The summed E-state index contributed by atoms with van der Waals surface area (Å²) in [6, 6.07) is 13.0. The van der Waals surface area contributed by atoms with E-state index in [2.05, 4.69) is 38.1 Å². The predicted octanol–water partition coefficient (Wildman–Crippen LogP) is 3.36. The molecule has 14 heavy (non-hydrogen) atoms. The molecule has 1 aromatic carbocycles. The molecule has 0 radical (unpaired) electrons. The van der Waals surface area contributed by atoms with Gasteiger partial charge in [-0.3, -0.25) is 0 Å². The summed E-state index contributed by atoms with van der Waals surface area (Å²) in [5.41, 5.74) is 1.30. The highest BCUT2D eigenvalue weighted by atomic mass is 28.3. The minimum Gasteiger partial charge on any atom is -0.416 e. The lowest BCUT2D eigenvalue weighted by molar-refractivity contribution is 0.306. The van der Waals surface area contributed by atoms with E-state index >= 15 is 0 Å². The highest BCUT2D eigenvalue weighted by Crippen LogP contribution is 2.08. The van der Waals surface area contributed by atoms with Gasteiger partial charge in [-0.1, -0.05) is 50.6 Å². The first-order chi connectivity index (χ1) is 6.86. The molecule has 2 heteroatoms. The van der Waals surface area contributed by atoms with E-state index in [-0.39, 0.29) is 0 Å². The average molecular weight is 208 g/mol. The van der Waals surface area contributed by atoms with Crippen molar-refractivity contribution in [1.82, 2.24) is 0 Å². The fraction of sp³-hybridized carbons (Fsp3) is 0.500. The van der Waals surface area contributed by atoms with Gasteiger partial charge in [0.2, 0.25) is 0 Å². The zero-order valence-electron chi connectivity index (χ0n) is 9.20. The van der Waals surface area contributed by atoms with Gasteiger partial charge in [-0.05, 0) is 17.7 Å². The summed E-state index contributed by atoms with van der Waals surface area (Å²) < 4.78 is 5.96. The lowest BCUT2D eigenvalue weighted by atomic mass is 10.2. The van der Waals surface area contributed by atoms with E-state index in [1.807, 2.05) is 6.07 Å². The largest absolute Gasteiger partial charge is 0.416 e. The second kappa shape index (κ2) is 6.79. The fourth-order valence-corrected chi connectivity index (χ4v) is 3.40. The minimum absolute atomic E-state index is 0.811. The molecule has 0 saturated heterocycles. The van der Waals surface area contributed by atoms with Crippen LogP contribution in [0.1, 0.15) is 25.8 Å². The number of hydrogen-bond acceptors (Lipinski definition) is 1. The van der Waals surface area contributed by atoms with E-state index in [4.69, 9.17) is 4.43 Å². The predicted molar refractivity (Wildman–Crippen MR) is 64.0 cm³/mol. The highest BCUT2D eigenvalue weighted by molar-refractivity contribution is 6.51. The third kappa shape index (κ3) is 4.07. The number of hydrogen-bond donors (Lipinski definition) is 0. The SMILES string of the molecule is CCC[SiH](CC)OCc1ccccc1. The topological polar surface area (TPSA) is 9.23 Å². The molecule has 78 valence electrons. The summed E-state index contributed by atoms with van der Waals surface area (Å²) in [6.45, 7) is 5.30. The van der Waals surface area contributed by atoms with Crippen LogP contribution in [0.3, 0.4) is 0 Å². The van der Waals surface area contributed by atoms with Crippen LogP contribution in [-0.4, -0.2) is 9.04 Å². The van der Waals surface area contributed by atoms with Gasteiger partial charge in [-0.2, -0.15) is 0 Å². The molecule has 0 saturated carbocycles. The first-order valence-corrected chi connectivity index (χ1v) is 7.62. The maximum Gasteiger partial charge on any atom is 0.177 e. The molecule has 0 aliphatic rings. The normalized spacial score (nSPS) is 12.7. The average Bonchev–Trinajstić information content (AvgIpc) is 2.25. The van der Waals surface area contributed by atoms with Gasteiger partial charge in [-0.15, -0.1) is 0 Å². The van der Waals surface area contributed by atoms with Gasteiger partial charge in [0.05, 0.1) is 6.61 Å². The van der Waals surface area contributed by atoms with Crippen molar-refractivity contribution in [3.8, 4) is 0 Å². The molecule has 0 aromatic heterocycles. The summed E-state index contributed by atoms with van der Waals surface area (Å²) in [5.74, 6) is 0. The van der Waals surface area contributed by atoms with Crippen LogP contribution in [0.25, 0.3) is 0 Å². The van der Waals surface area contributed by atoms with E-state index in [9.17, 15) is 0 Å². The Morgan fingerprint density at radius 3 is 2.43 bits per heavy atom. The van der Waals surface area contributed by atoms with Gasteiger partial charge < -0.3 is 4.43 Å². The van der Waals surface area contributed by atoms with Crippen molar-refractivity contribution in [2.24, 2.45) is 0 Å². The Labute approximate surface area is 88.8 Å². The number of rotatable bonds is 6. The summed E-state index contributed by atoms with van der Waals surface area (Å²) in [4.78, 5) is 0. The molecular weight excluding hydrogens is 188 g/mol. The molecule has 1 atom stereocenters. The standard InChI is InChI=1S/C12H20OSi/c1-3-10-14(4-2)13-11-12-8-6-5-7-9-12/h5-9,14H,3-4,10-11H2,1-2H3. The van der Waals surface area contributed by atoms with Gasteiger partial charge >= 0.3 is 0 Å². The second-order valence-corrected chi connectivity index (χ2v) is 6.59. The first kappa shape index (κ1) is 11.5. The van der Waals surface area contributed by atoms with Crippen molar-refractivity contribution >= 4 is 9.04 Å². The highest BCUT2D eigenvalue weighted by Gasteiger charge is 2.07. The fourth-order valence-electron chi connectivity index (χ4n) is 1.52. The summed E-state index contributed by atoms with van der Waals surface area (Å²) in [5, 5.41) is 0. The van der Waals surface area contributed by atoms with Crippen molar-refractivity contribution in [2.45, 2.75) is 39.0 Å². The van der Waals surface area contributed by atoms with E-state index in [1.54, 1.807) is 0 Å². The summed E-state index contributed by atoms with van der Waals surface area (Å²) >= 11 is 0. The van der Waals surface area contributed by atoms with Crippen LogP contribution in [0.2, 0.25) is 12.1 Å². The van der Waals surface area contributed by atoms with Crippen LogP contribution in [0.4, 0.5) is 0 Å². The Morgan fingerprint density at radius 1 is 1.14 bits per heavy atom. The summed E-state index contributed by atoms with van der Waals surface area (Å²) in [7, 11) is -0.883. The molecule has 0 aliphatic carbocycles. The lowest BCUT2D eigenvalue weighted by Gasteiger charge is -2.13. The van der Waals surface area contributed by atoms with Crippen molar-refractivity contribution in [3.63, 3.8) is 0 Å². The Bertz CT molecular complexity index is 235. The monoisotopic (exact) mass is 208 g/mol. The van der Waals surface area contributed by atoms with Crippen LogP contribution in [0.15, 0.2) is 30.3 Å². The second-order valence-electron chi connectivity index (χ2n) is 3.62. The molecule has 1 unspecified atom stereocenters. The Hall–Kier alpha value is -0.603. The summed E-state index contributed by atoms with van der Waals surface area (Å²) in [6.07, 6.45) is 1.26. The van der Waals surface area contributed by atoms with E-state index in [1.165, 1.54) is 24.1 Å². The van der Waals surface area contributed by atoms with Gasteiger partial charge in [0.25, 0.3) is 0 Å². The number of benzene rings is 1. The van der Waals surface area contributed by atoms with Crippen LogP contribution in [0, 0.1) is 0 Å². The zero-order valence-corrected chi connectivity index (χ0v) is 10.4. The molecule has 0 heterocycles. The molecule has 0 spiro atoms. The Morgan fingerprint density at radius 2 is 1.86 bits per heavy atom. The van der Waals surface area contributed by atoms with Gasteiger partial charge in [0.1, 0.15) is 0 Å². The van der Waals surface area contributed by atoms with Crippen molar-refractivity contribution in [1.29, 1.82) is 0 Å². The quantitative estimate of drug-likeness (QED) is 0.651. The van der Waals surface area contributed by atoms with Crippen molar-refractivity contribution < 1.29 is 4.43 Å². The molecule has 0 N–H and O–H groups in total. The van der Waals surface area contributed by atoms with E-state index < -0.39 is 9.04 Å². The van der Waals surface area contributed by atoms with E-state index in [0.29, 0.717) is 0 Å². The molecule has 1 nitrogen and oxygen atoms in total. The Balaban J connectivity index is 2.32. The third-order valence-electron chi connectivity index (χ3n) is 2.39. The Kier molecular flexibility index (Phi) is 5.57. The van der Waals surface area contributed by atoms with Gasteiger partial charge in [-0.25, -0.2) is 0 Å². The van der Waals surface area contributed by atoms with Crippen LogP contribution in [0.5, 0.6) is 0 Å². The minimum atomic E-state index is -0.883. The van der Waals surface area contributed by atoms with Crippen molar-refractivity contribution in [2.75, 3.05) is 0 Å². The molecule has 0 fully saturated rings. The van der Waals surface area contributed by atoms with Crippen LogP contribution in [-0.2, 0) is 11.0 Å². The van der Waals surface area contributed by atoms with E-state index in [0.717, 1.165) is 6.61 Å².